The Morgan fingerprint density at radius 2 is 2.00 bits per heavy atom. The Morgan fingerprint density at radius 1 is 1.37 bits per heavy atom. The summed E-state index contributed by atoms with van der Waals surface area (Å²) in [4.78, 5) is 33.0. The molecule has 1 fully saturated rings. The van der Waals surface area contributed by atoms with Crippen molar-refractivity contribution < 1.29 is 19.2 Å². The van der Waals surface area contributed by atoms with Gasteiger partial charge in [0.2, 0.25) is 6.04 Å². The van der Waals surface area contributed by atoms with Gasteiger partial charge in [-0.15, -0.1) is 0 Å². The largest absolute Gasteiger partial charge is 0.457 e. The van der Waals surface area contributed by atoms with Crippen LogP contribution in [0.2, 0.25) is 0 Å². The Kier molecular flexibility index (Phi) is 3.59. The number of nitrogens with zero attached hydrogens (tertiary/aromatic N) is 1. The van der Waals surface area contributed by atoms with Crippen molar-refractivity contribution in [3.63, 3.8) is 0 Å². The Labute approximate surface area is 109 Å². The molecule has 0 amide bonds. The normalized spacial score (nSPS) is 20.7. The van der Waals surface area contributed by atoms with E-state index in [1.165, 1.54) is 0 Å². The highest BCUT2D eigenvalue weighted by atomic mass is 16.6. The van der Waals surface area contributed by atoms with E-state index in [1.807, 2.05) is 6.92 Å². The Balaban J connectivity index is 1.83. The maximum atomic E-state index is 11.7. The van der Waals surface area contributed by atoms with Crippen molar-refractivity contribution in [1.82, 2.24) is 0 Å². The zero-order valence-electron chi connectivity index (χ0n) is 10.4. The first-order valence-electron chi connectivity index (χ1n) is 5.89. The zero-order valence-corrected chi connectivity index (χ0v) is 10.4. The van der Waals surface area contributed by atoms with E-state index in [2.05, 4.69) is 0 Å². The van der Waals surface area contributed by atoms with Crippen molar-refractivity contribution in [2.24, 2.45) is 5.92 Å². The minimum atomic E-state index is -0.845. The van der Waals surface area contributed by atoms with E-state index < -0.39 is 22.9 Å². The number of benzene rings is 1. The number of esters is 1. The third-order valence-electron chi connectivity index (χ3n) is 3.05. The van der Waals surface area contributed by atoms with E-state index in [1.54, 1.807) is 24.3 Å². The Morgan fingerprint density at radius 3 is 2.53 bits per heavy atom. The van der Waals surface area contributed by atoms with Crippen molar-refractivity contribution in [3.05, 3.63) is 45.5 Å². The predicted octanol–water partition coefficient (Wildman–Crippen LogP) is 1.39. The molecule has 0 spiro atoms. The van der Waals surface area contributed by atoms with Crippen LogP contribution < -0.4 is 0 Å². The Hall–Kier alpha value is -2.24. The van der Waals surface area contributed by atoms with Gasteiger partial charge in [0.15, 0.2) is 12.4 Å². The van der Waals surface area contributed by atoms with Gasteiger partial charge in [0.05, 0.1) is 0 Å². The molecule has 0 aromatic heterocycles. The quantitative estimate of drug-likeness (QED) is 0.347. The molecule has 6 heteroatoms. The molecule has 0 bridgehead atoms. The first-order valence-corrected chi connectivity index (χ1v) is 5.89. The maximum Gasteiger partial charge on any atom is 0.316 e. The summed E-state index contributed by atoms with van der Waals surface area (Å²) in [6.45, 7) is 1.53. The number of rotatable bonds is 5. The van der Waals surface area contributed by atoms with Crippen molar-refractivity contribution in [2.75, 3.05) is 6.61 Å². The lowest BCUT2D eigenvalue weighted by Gasteiger charge is -2.03. The molecule has 1 aliphatic rings. The Bertz CT molecular complexity index is 522. The van der Waals surface area contributed by atoms with Crippen LogP contribution in [-0.2, 0) is 9.53 Å². The van der Waals surface area contributed by atoms with Crippen LogP contribution in [0.15, 0.2) is 24.3 Å². The van der Waals surface area contributed by atoms with Gasteiger partial charge in [-0.05, 0) is 6.92 Å². The van der Waals surface area contributed by atoms with Crippen LogP contribution in [0, 0.1) is 23.0 Å². The average molecular weight is 263 g/mol. The minimum Gasteiger partial charge on any atom is -0.457 e. The number of carbonyl (C=O) groups is 2. The summed E-state index contributed by atoms with van der Waals surface area (Å²) in [6, 6.07) is 6.05. The zero-order chi connectivity index (χ0) is 14.0. The fraction of sp³-hybridized carbons (Fsp3) is 0.385. The van der Waals surface area contributed by atoms with Gasteiger partial charge in [-0.1, -0.05) is 29.8 Å². The molecular weight excluding hydrogens is 250 g/mol. The summed E-state index contributed by atoms with van der Waals surface area (Å²) in [5.74, 6) is -1.67. The van der Waals surface area contributed by atoms with Gasteiger partial charge in [0.1, 0.15) is 5.92 Å². The fourth-order valence-corrected chi connectivity index (χ4v) is 1.73. The van der Waals surface area contributed by atoms with Crippen LogP contribution in [0.25, 0.3) is 0 Å². The smallest absolute Gasteiger partial charge is 0.316 e. The van der Waals surface area contributed by atoms with Gasteiger partial charge in [0, 0.05) is 16.9 Å². The van der Waals surface area contributed by atoms with E-state index in [9.17, 15) is 19.7 Å². The molecule has 0 N–H and O–H groups in total. The van der Waals surface area contributed by atoms with Gasteiger partial charge in [-0.2, -0.15) is 0 Å². The van der Waals surface area contributed by atoms with Gasteiger partial charge < -0.3 is 4.74 Å². The molecule has 2 unspecified atom stereocenters. The number of ether oxygens (including phenoxy) is 1. The van der Waals surface area contributed by atoms with Crippen molar-refractivity contribution >= 4 is 11.8 Å². The minimum absolute atomic E-state index is 0.199. The fourth-order valence-electron chi connectivity index (χ4n) is 1.73. The second-order valence-corrected chi connectivity index (χ2v) is 4.59. The predicted molar refractivity (Wildman–Crippen MR) is 65.4 cm³/mol. The third-order valence-corrected chi connectivity index (χ3v) is 3.05. The summed E-state index contributed by atoms with van der Waals surface area (Å²) >= 11 is 0. The standard InChI is InChI=1S/C13H13NO5/c1-8-2-4-9(5-3-8)12(15)7-19-13(16)10-6-11(10)14(17)18/h2-5,10-11H,6-7H2,1H3. The molecular formula is C13H13NO5. The van der Waals surface area contributed by atoms with Crippen molar-refractivity contribution in [1.29, 1.82) is 0 Å². The van der Waals surface area contributed by atoms with E-state index in [0.717, 1.165) is 5.56 Å². The van der Waals surface area contributed by atoms with Crippen LogP contribution in [0.4, 0.5) is 0 Å². The highest BCUT2D eigenvalue weighted by molar-refractivity contribution is 5.98. The monoisotopic (exact) mass is 263 g/mol. The number of Topliss-reactive ketones (excluding diaryl/α,β-unsaturated/α-hetero) is 1. The molecule has 1 saturated carbocycles. The number of carbonyl (C=O) groups excluding carboxylic acids is 2. The van der Waals surface area contributed by atoms with Crippen LogP contribution >= 0.6 is 0 Å². The lowest BCUT2D eigenvalue weighted by molar-refractivity contribution is -0.497. The van der Waals surface area contributed by atoms with Crippen LogP contribution in [-0.4, -0.2) is 29.3 Å². The van der Waals surface area contributed by atoms with Gasteiger partial charge in [-0.25, -0.2) is 0 Å². The number of aryl methyl sites for hydroxylation is 1. The summed E-state index contributed by atoms with van der Waals surface area (Å²) in [7, 11) is 0. The summed E-state index contributed by atoms with van der Waals surface area (Å²) < 4.78 is 4.80. The number of ketones is 1. The topological polar surface area (TPSA) is 86.5 Å². The molecule has 19 heavy (non-hydrogen) atoms. The third kappa shape index (κ3) is 3.15. The number of hydrogen-bond donors (Lipinski definition) is 0. The molecule has 0 aliphatic heterocycles. The molecule has 0 radical (unpaired) electrons. The van der Waals surface area contributed by atoms with Crippen LogP contribution in [0.3, 0.4) is 0 Å². The van der Waals surface area contributed by atoms with Crippen molar-refractivity contribution in [3.8, 4) is 0 Å². The molecule has 1 aromatic carbocycles. The first-order chi connectivity index (χ1) is 8.99. The van der Waals surface area contributed by atoms with Crippen LogP contribution in [0.1, 0.15) is 22.3 Å². The highest BCUT2D eigenvalue weighted by Crippen LogP contribution is 2.34. The van der Waals surface area contributed by atoms with E-state index >= 15 is 0 Å². The van der Waals surface area contributed by atoms with E-state index in [0.29, 0.717) is 5.56 Å². The number of nitro groups is 1. The van der Waals surface area contributed by atoms with Crippen LogP contribution in [0.5, 0.6) is 0 Å². The molecule has 1 aliphatic carbocycles. The van der Waals surface area contributed by atoms with E-state index in [4.69, 9.17) is 4.74 Å². The highest BCUT2D eigenvalue weighted by Gasteiger charge is 2.54. The number of hydrogen-bond acceptors (Lipinski definition) is 5. The SMILES string of the molecule is Cc1ccc(C(=O)COC(=O)C2CC2[N+](=O)[O-])cc1. The molecule has 0 saturated heterocycles. The van der Waals surface area contributed by atoms with E-state index in [-0.39, 0.29) is 18.8 Å². The molecule has 0 heterocycles. The average Bonchev–Trinajstić information content (AvgIpc) is 3.16. The lowest BCUT2D eigenvalue weighted by Crippen LogP contribution is -2.18. The second-order valence-electron chi connectivity index (χ2n) is 4.59. The van der Waals surface area contributed by atoms with Gasteiger partial charge >= 0.3 is 5.97 Å². The summed E-state index contributed by atoms with van der Waals surface area (Å²) in [5, 5.41) is 10.4. The van der Waals surface area contributed by atoms with Gasteiger partial charge in [-0.3, -0.25) is 19.7 Å². The lowest BCUT2D eigenvalue weighted by atomic mass is 10.1. The molecule has 6 nitrogen and oxygen atoms in total. The summed E-state index contributed by atoms with van der Waals surface area (Å²) in [6.07, 6.45) is 0.199. The maximum absolute atomic E-state index is 11.7. The summed E-state index contributed by atoms with van der Waals surface area (Å²) in [5.41, 5.74) is 1.49. The first kappa shape index (κ1) is 13.2. The molecule has 100 valence electrons. The molecule has 1 aromatic rings. The molecule has 2 rings (SSSR count). The van der Waals surface area contributed by atoms with Gasteiger partial charge in [0.25, 0.3) is 0 Å². The van der Waals surface area contributed by atoms with Crippen molar-refractivity contribution in [2.45, 2.75) is 19.4 Å². The second kappa shape index (κ2) is 5.17. The molecule has 2 atom stereocenters.